The van der Waals surface area contributed by atoms with E-state index in [9.17, 15) is 4.79 Å². The number of Topliss-reactive ketones (excluding diaryl/α,β-unsaturated/α-hetero) is 1. The maximum atomic E-state index is 12.4. The van der Waals surface area contributed by atoms with Gasteiger partial charge in [0, 0.05) is 24.8 Å². The summed E-state index contributed by atoms with van der Waals surface area (Å²) in [7, 11) is 0. The predicted molar refractivity (Wildman–Crippen MR) is 139 cm³/mol. The third-order valence-electron chi connectivity index (χ3n) is 6.71. The van der Waals surface area contributed by atoms with Crippen molar-refractivity contribution in [3.05, 3.63) is 59.5 Å². The van der Waals surface area contributed by atoms with Gasteiger partial charge in [0.15, 0.2) is 23.4 Å². The van der Waals surface area contributed by atoms with Crippen molar-refractivity contribution < 1.29 is 23.8 Å². The molecule has 2 aromatic rings. The minimum Gasteiger partial charge on any atom is -0.494 e. The van der Waals surface area contributed by atoms with Gasteiger partial charge >= 0.3 is 0 Å². The van der Waals surface area contributed by atoms with E-state index < -0.39 is 0 Å². The Kier molecular flexibility index (Phi) is 9.36. The number of carbonyl (C=O) groups excluding carboxylic acids is 1. The summed E-state index contributed by atoms with van der Waals surface area (Å²) in [4.78, 5) is 18.4. The van der Waals surface area contributed by atoms with E-state index in [0.717, 1.165) is 48.5 Å². The number of nitrogens with two attached hydrogens (primary N) is 1. The van der Waals surface area contributed by atoms with Gasteiger partial charge in [0.1, 0.15) is 11.6 Å². The first kappa shape index (κ1) is 25.7. The van der Waals surface area contributed by atoms with Crippen molar-refractivity contribution >= 4 is 11.6 Å². The topological polar surface area (TPSA) is 92.4 Å². The molecular formula is C29H37N2O5+. The average molecular weight is 494 g/mol. The van der Waals surface area contributed by atoms with Crippen LogP contribution in [-0.2, 0) is 4.84 Å². The molecule has 1 heterocycles. The van der Waals surface area contributed by atoms with Gasteiger partial charge in [-0.05, 0) is 74.6 Å². The number of unbranched alkanes of at least 4 members (excludes halogenated alkanes) is 1. The lowest BCUT2D eigenvalue weighted by Gasteiger charge is -2.16. The summed E-state index contributed by atoms with van der Waals surface area (Å²) >= 11 is 0. The number of ketones is 1. The van der Waals surface area contributed by atoms with Crippen molar-refractivity contribution in [1.82, 2.24) is 0 Å². The fourth-order valence-electron chi connectivity index (χ4n) is 4.67. The minimum atomic E-state index is -0.201. The van der Waals surface area contributed by atoms with Crippen LogP contribution in [0.4, 0.5) is 0 Å². The maximum Gasteiger partial charge on any atom is 0.231 e. The van der Waals surface area contributed by atoms with Crippen molar-refractivity contribution in [2.24, 2.45) is 10.9 Å². The Hall–Kier alpha value is -3.35. The van der Waals surface area contributed by atoms with Crippen LogP contribution in [0.1, 0.15) is 93.2 Å². The van der Waals surface area contributed by atoms with Crippen LogP contribution in [0.15, 0.2) is 47.6 Å². The van der Waals surface area contributed by atoms with Gasteiger partial charge in [-0.3, -0.25) is 4.79 Å². The Bertz CT molecular complexity index is 1010. The molecule has 0 saturated heterocycles. The second-order valence-corrected chi connectivity index (χ2v) is 9.37. The standard InChI is InChI=1S/C29H37N2O5/c1-2-33-24-15-12-22(13-16-24)25(32)9-5-6-10-29(30)31-36-26(17-11-21-7-3-4-8-21)23-14-18-27-28(19-23)35-20-34-27/h12-16,18-19,26H,2-11,17,20H2,1H3,(H2,30,31)/q+1. The lowest BCUT2D eigenvalue weighted by molar-refractivity contribution is 0.0503. The molecule has 4 rings (SSSR count). The summed E-state index contributed by atoms with van der Waals surface area (Å²) in [6.45, 7) is 2.79. The summed E-state index contributed by atoms with van der Waals surface area (Å²) in [6, 6.07) is 13.2. The van der Waals surface area contributed by atoms with Gasteiger partial charge in [-0.25, -0.2) is 0 Å². The number of carbonyl (C=O) groups is 1. The van der Waals surface area contributed by atoms with Crippen LogP contribution in [-0.4, -0.2) is 25.0 Å². The Morgan fingerprint density at radius 3 is 2.58 bits per heavy atom. The van der Waals surface area contributed by atoms with Gasteiger partial charge in [-0.15, -0.1) is 0 Å². The van der Waals surface area contributed by atoms with E-state index in [-0.39, 0.29) is 18.7 Å². The molecule has 0 amide bonds. The van der Waals surface area contributed by atoms with E-state index in [1.54, 1.807) is 5.92 Å². The summed E-state index contributed by atoms with van der Waals surface area (Å²) in [5.41, 5.74) is 7.87. The zero-order valence-electron chi connectivity index (χ0n) is 21.2. The first-order valence-corrected chi connectivity index (χ1v) is 13.1. The number of oxime groups is 1. The highest BCUT2D eigenvalue weighted by Gasteiger charge is 2.28. The number of benzene rings is 2. The number of hydrogen-bond donors (Lipinski definition) is 1. The van der Waals surface area contributed by atoms with Crippen molar-refractivity contribution in [3.63, 3.8) is 0 Å². The van der Waals surface area contributed by atoms with Crippen molar-refractivity contribution in [2.75, 3.05) is 13.4 Å². The number of rotatable bonds is 14. The number of hydrogen-bond acceptors (Lipinski definition) is 6. The lowest BCUT2D eigenvalue weighted by Crippen LogP contribution is -2.14. The van der Waals surface area contributed by atoms with Crippen molar-refractivity contribution in [3.8, 4) is 17.2 Å². The van der Waals surface area contributed by atoms with Crippen LogP contribution < -0.4 is 19.9 Å². The van der Waals surface area contributed by atoms with Gasteiger partial charge in [0.05, 0.1) is 31.8 Å². The number of nitrogens with zero attached hydrogens (tertiary/aromatic N) is 1. The van der Waals surface area contributed by atoms with Crippen molar-refractivity contribution in [2.45, 2.75) is 77.2 Å². The monoisotopic (exact) mass is 493 g/mol. The Labute approximate surface area is 213 Å². The zero-order valence-corrected chi connectivity index (χ0v) is 21.2. The van der Waals surface area contributed by atoms with Crippen LogP contribution in [0.25, 0.3) is 0 Å². The zero-order chi connectivity index (χ0) is 25.2. The number of amidine groups is 1. The first-order chi connectivity index (χ1) is 17.6. The first-order valence-electron chi connectivity index (χ1n) is 13.1. The third kappa shape index (κ3) is 7.33. The normalized spacial score (nSPS) is 15.7. The van der Waals surface area contributed by atoms with Gasteiger partial charge in [-0.1, -0.05) is 11.2 Å². The fourth-order valence-corrected chi connectivity index (χ4v) is 4.67. The summed E-state index contributed by atoms with van der Waals surface area (Å²) < 4.78 is 16.4. The molecule has 0 radical (unpaired) electrons. The lowest BCUT2D eigenvalue weighted by atomic mass is 9.96. The Morgan fingerprint density at radius 1 is 1.06 bits per heavy atom. The van der Waals surface area contributed by atoms with E-state index in [0.29, 0.717) is 30.8 Å². The molecule has 192 valence electrons. The third-order valence-corrected chi connectivity index (χ3v) is 6.71. The quantitative estimate of drug-likeness (QED) is 0.0805. The highest BCUT2D eigenvalue weighted by Crippen LogP contribution is 2.38. The molecule has 1 atom stereocenters. The van der Waals surface area contributed by atoms with Gasteiger partial charge in [-0.2, -0.15) is 0 Å². The fraction of sp³-hybridized carbons (Fsp3) is 0.483. The summed E-state index contributed by atoms with van der Waals surface area (Å²) in [6.07, 6.45) is 9.26. The SMILES string of the molecule is CCOc1ccc(C(=O)CCCC/C(N)=N\OC(CC[C+]2CCCC2)c2ccc3c(c2)OCO3)cc1. The van der Waals surface area contributed by atoms with E-state index in [1.165, 1.54) is 25.7 Å². The minimum absolute atomic E-state index is 0.122. The molecule has 1 aliphatic heterocycles. The molecule has 2 aromatic carbocycles. The van der Waals surface area contributed by atoms with Gasteiger partial charge in [0.25, 0.3) is 0 Å². The maximum absolute atomic E-state index is 12.4. The number of ether oxygens (including phenoxy) is 3. The summed E-state index contributed by atoms with van der Waals surface area (Å²) in [5.74, 6) is 4.45. The van der Waals surface area contributed by atoms with Crippen LogP contribution in [0.2, 0.25) is 0 Å². The van der Waals surface area contributed by atoms with Crippen LogP contribution in [0.5, 0.6) is 17.2 Å². The molecule has 1 unspecified atom stereocenters. The van der Waals surface area contributed by atoms with Gasteiger partial charge in [0.2, 0.25) is 6.79 Å². The molecule has 1 fully saturated rings. The second kappa shape index (κ2) is 13.1. The Balaban J connectivity index is 1.25. The van der Waals surface area contributed by atoms with E-state index in [4.69, 9.17) is 24.8 Å². The predicted octanol–water partition coefficient (Wildman–Crippen LogP) is 6.52. The van der Waals surface area contributed by atoms with E-state index in [2.05, 4.69) is 5.16 Å². The van der Waals surface area contributed by atoms with Gasteiger partial charge < -0.3 is 24.8 Å². The molecule has 0 spiro atoms. The molecule has 0 bridgehead atoms. The second-order valence-electron chi connectivity index (χ2n) is 9.37. The summed E-state index contributed by atoms with van der Waals surface area (Å²) in [5, 5.41) is 4.26. The molecule has 2 aliphatic rings. The Morgan fingerprint density at radius 2 is 1.81 bits per heavy atom. The van der Waals surface area contributed by atoms with Crippen LogP contribution in [0, 0.1) is 5.92 Å². The average Bonchev–Trinajstić information content (AvgIpc) is 3.59. The highest BCUT2D eigenvalue weighted by atomic mass is 16.7. The largest absolute Gasteiger partial charge is 0.494 e. The molecule has 0 aromatic heterocycles. The molecule has 2 N–H and O–H groups in total. The van der Waals surface area contributed by atoms with Crippen LogP contribution >= 0.6 is 0 Å². The van der Waals surface area contributed by atoms with Crippen LogP contribution in [0.3, 0.4) is 0 Å². The molecule has 7 nitrogen and oxygen atoms in total. The number of fused-ring (bicyclic) bond motifs is 1. The van der Waals surface area contributed by atoms with E-state index in [1.807, 2.05) is 49.4 Å². The molecule has 1 aliphatic carbocycles. The molecule has 1 saturated carbocycles. The smallest absolute Gasteiger partial charge is 0.231 e. The molecule has 7 heteroatoms. The van der Waals surface area contributed by atoms with Crippen molar-refractivity contribution in [1.29, 1.82) is 0 Å². The van der Waals surface area contributed by atoms with E-state index >= 15 is 0 Å². The highest BCUT2D eigenvalue weighted by molar-refractivity contribution is 5.96. The molecular weight excluding hydrogens is 456 g/mol. The molecule has 36 heavy (non-hydrogen) atoms.